The molecule has 0 radical (unpaired) electrons. The molecule has 2 N–H and O–H groups in total. The Kier molecular flexibility index (Phi) is 5.84. The van der Waals surface area contributed by atoms with Crippen molar-refractivity contribution >= 4 is 34.2 Å². The molecule has 174 valence electrons. The van der Waals surface area contributed by atoms with Crippen LogP contribution in [0, 0.1) is 6.92 Å². The fraction of sp³-hybridized carbons (Fsp3) is 0.222. The monoisotopic (exact) mass is 475 g/mol. The number of carbonyl (C=O) groups is 1. The maximum atomic E-state index is 13.6. The highest BCUT2D eigenvalue weighted by atomic mass is 35.5. The highest BCUT2D eigenvalue weighted by Crippen LogP contribution is 2.39. The van der Waals surface area contributed by atoms with Crippen LogP contribution >= 0.6 is 11.6 Å². The Balaban J connectivity index is 1.54. The third-order valence-corrected chi connectivity index (χ3v) is 6.61. The van der Waals surface area contributed by atoms with Gasteiger partial charge in [-0.1, -0.05) is 41.4 Å². The molecule has 1 aliphatic rings. The van der Waals surface area contributed by atoms with Crippen LogP contribution < -0.4 is 14.8 Å². The standard InChI is InChI=1S/C27H26ClN3O3/c1-16-4-6-17(7-5-16)26-25-20(21-14-18(28)8-10-22(21)30-25)12-13-31(26)27(32)29-19-9-11-23(33-2)24(15-19)34-3/h4-11,14-15,26,30H,12-13H2,1-3H3,(H,29,32). The van der Waals surface area contributed by atoms with Crippen molar-refractivity contribution in [3.05, 3.63) is 88.1 Å². The molecule has 34 heavy (non-hydrogen) atoms. The number of benzene rings is 3. The minimum atomic E-state index is -0.254. The molecular weight excluding hydrogens is 450 g/mol. The van der Waals surface area contributed by atoms with Crippen LogP contribution in [0.4, 0.5) is 10.5 Å². The highest BCUT2D eigenvalue weighted by molar-refractivity contribution is 6.31. The van der Waals surface area contributed by atoms with Gasteiger partial charge in [0.25, 0.3) is 0 Å². The van der Waals surface area contributed by atoms with Crippen molar-refractivity contribution in [2.24, 2.45) is 0 Å². The van der Waals surface area contributed by atoms with Gasteiger partial charge in [0.1, 0.15) is 0 Å². The van der Waals surface area contributed by atoms with Crippen LogP contribution in [-0.2, 0) is 6.42 Å². The van der Waals surface area contributed by atoms with Gasteiger partial charge in [0.2, 0.25) is 0 Å². The van der Waals surface area contributed by atoms with Crippen LogP contribution in [0.15, 0.2) is 60.7 Å². The summed E-state index contributed by atoms with van der Waals surface area (Å²) in [7, 11) is 3.16. The third-order valence-electron chi connectivity index (χ3n) is 6.38. The van der Waals surface area contributed by atoms with Gasteiger partial charge in [-0.15, -0.1) is 0 Å². The van der Waals surface area contributed by atoms with Crippen molar-refractivity contribution in [2.75, 3.05) is 26.1 Å². The third kappa shape index (κ3) is 3.94. The number of aromatic amines is 1. The second-order valence-electron chi connectivity index (χ2n) is 8.46. The molecule has 1 atom stereocenters. The van der Waals surface area contributed by atoms with Crippen LogP contribution in [-0.4, -0.2) is 36.7 Å². The predicted octanol–water partition coefficient (Wildman–Crippen LogP) is 6.33. The number of carbonyl (C=O) groups excluding carboxylic acids is 1. The van der Waals surface area contributed by atoms with Crippen molar-refractivity contribution in [1.29, 1.82) is 0 Å². The molecule has 0 bridgehead atoms. The SMILES string of the molecule is COc1ccc(NC(=O)N2CCc3c([nH]c4ccc(Cl)cc34)C2c2ccc(C)cc2)cc1OC. The van der Waals surface area contributed by atoms with Crippen LogP contribution in [0.5, 0.6) is 11.5 Å². The van der Waals surface area contributed by atoms with E-state index in [2.05, 4.69) is 41.5 Å². The summed E-state index contributed by atoms with van der Waals surface area (Å²) in [6.07, 6.45) is 0.734. The number of amides is 2. The number of H-pyrrole nitrogens is 1. The molecule has 1 aliphatic heterocycles. The van der Waals surface area contributed by atoms with E-state index in [9.17, 15) is 4.79 Å². The molecule has 7 heteroatoms. The summed E-state index contributed by atoms with van der Waals surface area (Å²) in [5.74, 6) is 1.17. The molecule has 2 amide bonds. The summed E-state index contributed by atoms with van der Waals surface area (Å²) in [6.45, 7) is 2.63. The van der Waals surface area contributed by atoms with E-state index in [-0.39, 0.29) is 12.1 Å². The maximum Gasteiger partial charge on any atom is 0.322 e. The van der Waals surface area contributed by atoms with E-state index >= 15 is 0 Å². The van der Waals surface area contributed by atoms with Crippen molar-refractivity contribution in [2.45, 2.75) is 19.4 Å². The Labute approximate surface area is 203 Å². The predicted molar refractivity (Wildman–Crippen MR) is 135 cm³/mol. The summed E-state index contributed by atoms with van der Waals surface area (Å²) in [4.78, 5) is 19.0. The first-order chi connectivity index (χ1) is 16.5. The van der Waals surface area contributed by atoms with E-state index < -0.39 is 0 Å². The highest BCUT2D eigenvalue weighted by Gasteiger charge is 2.34. The van der Waals surface area contributed by atoms with E-state index in [0.717, 1.165) is 28.6 Å². The van der Waals surface area contributed by atoms with Crippen molar-refractivity contribution in [3.63, 3.8) is 0 Å². The molecule has 1 unspecified atom stereocenters. The summed E-state index contributed by atoms with van der Waals surface area (Å²) in [5.41, 5.74) is 6.11. The average molecular weight is 476 g/mol. The normalized spacial score (nSPS) is 15.2. The average Bonchev–Trinajstić information content (AvgIpc) is 3.21. The first kappa shape index (κ1) is 22.2. The quantitative estimate of drug-likeness (QED) is 0.362. The first-order valence-electron chi connectivity index (χ1n) is 11.1. The lowest BCUT2D eigenvalue weighted by molar-refractivity contribution is 0.193. The number of ether oxygens (including phenoxy) is 2. The topological polar surface area (TPSA) is 66.6 Å². The van der Waals surface area contributed by atoms with Gasteiger partial charge in [-0.3, -0.25) is 0 Å². The number of hydrogen-bond donors (Lipinski definition) is 2. The van der Waals surface area contributed by atoms with Gasteiger partial charge in [0.15, 0.2) is 11.5 Å². The number of urea groups is 1. The number of hydrogen-bond acceptors (Lipinski definition) is 3. The van der Waals surface area contributed by atoms with Gasteiger partial charge in [-0.25, -0.2) is 4.79 Å². The van der Waals surface area contributed by atoms with E-state index in [1.54, 1.807) is 32.4 Å². The number of nitrogens with one attached hydrogen (secondary N) is 2. The molecule has 0 saturated carbocycles. The molecule has 6 nitrogen and oxygen atoms in total. The fourth-order valence-corrected chi connectivity index (χ4v) is 4.86. The van der Waals surface area contributed by atoms with Crippen LogP contribution in [0.2, 0.25) is 5.02 Å². The number of fused-ring (bicyclic) bond motifs is 3. The van der Waals surface area contributed by atoms with Crippen molar-refractivity contribution in [3.8, 4) is 11.5 Å². The minimum Gasteiger partial charge on any atom is -0.493 e. The number of rotatable bonds is 4. The summed E-state index contributed by atoms with van der Waals surface area (Å²) < 4.78 is 10.7. The van der Waals surface area contributed by atoms with Crippen molar-refractivity contribution in [1.82, 2.24) is 9.88 Å². The number of halogens is 1. The summed E-state index contributed by atoms with van der Waals surface area (Å²) >= 11 is 6.30. The molecule has 1 aromatic heterocycles. The van der Waals surface area contributed by atoms with Gasteiger partial charge >= 0.3 is 6.03 Å². The van der Waals surface area contributed by atoms with Gasteiger partial charge < -0.3 is 24.7 Å². The molecule has 5 rings (SSSR count). The van der Waals surface area contributed by atoms with Crippen LogP contribution in [0.1, 0.15) is 28.4 Å². The molecule has 3 aromatic carbocycles. The van der Waals surface area contributed by atoms with E-state index in [0.29, 0.717) is 28.8 Å². The summed E-state index contributed by atoms with van der Waals surface area (Å²) in [5, 5.41) is 4.85. The lowest BCUT2D eigenvalue weighted by Gasteiger charge is -2.36. The van der Waals surface area contributed by atoms with Gasteiger partial charge in [0.05, 0.1) is 20.3 Å². The van der Waals surface area contributed by atoms with E-state index in [1.807, 2.05) is 23.1 Å². The second kappa shape index (κ2) is 8.95. The zero-order chi connectivity index (χ0) is 23.8. The largest absolute Gasteiger partial charge is 0.493 e. The number of aromatic nitrogens is 1. The smallest absolute Gasteiger partial charge is 0.322 e. The van der Waals surface area contributed by atoms with Gasteiger partial charge in [-0.2, -0.15) is 0 Å². The molecule has 0 spiro atoms. The Morgan fingerprint density at radius 2 is 1.79 bits per heavy atom. The number of methoxy groups -OCH3 is 2. The number of anilines is 1. The molecule has 0 fully saturated rings. The Hall–Kier alpha value is -3.64. The molecule has 4 aromatic rings. The number of aryl methyl sites for hydroxylation is 1. The Bertz CT molecular complexity index is 1360. The van der Waals surface area contributed by atoms with Crippen LogP contribution in [0.25, 0.3) is 10.9 Å². The molecule has 0 saturated heterocycles. The molecule has 2 heterocycles. The number of nitrogens with zero attached hydrogens (tertiary/aromatic N) is 1. The maximum absolute atomic E-state index is 13.6. The van der Waals surface area contributed by atoms with E-state index in [1.165, 1.54) is 11.1 Å². The summed E-state index contributed by atoms with van der Waals surface area (Å²) in [6, 6.07) is 19.1. The molecule has 0 aliphatic carbocycles. The van der Waals surface area contributed by atoms with Gasteiger partial charge in [-0.05, 0) is 54.8 Å². The van der Waals surface area contributed by atoms with Crippen molar-refractivity contribution < 1.29 is 14.3 Å². The van der Waals surface area contributed by atoms with Gasteiger partial charge in [0, 0.05) is 39.9 Å². The zero-order valence-corrected chi connectivity index (χ0v) is 20.1. The van der Waals surface area contributed by atoms with Crippen LogP contribution in [0.3, 0.4) is 0 Å². The lowest BCUT2D eigenvalue weighted by atomic mass is 9.92. The fourth-order valence-electron chi connectivity index (χ4n) is 4.68. The lowest BCUT2D eigenvalue weighted by Crippen LogP contribution is -2.43. The minimum absolute atomic E-state index is 0.180. The van der Waals surface area contributed by atoms with E-state index in [4.69, 9.17) is 21.1 Å². The first-order valence-corrected chi connectivity index (χ1v) is 11.5. The Morgan fingerprint density at radius 3 is 2.53 bits per heavy atom. The Morgan fingerprint density at radius 1 is 1.03 bits per heavy atom. The zero-order valence-electron chi connectivity index (χ0n) is 19.3. The second-order valence-corrected chi connectivity index (χ2v) is 8.90. The molecular formula is C27H26ClN3O3.